The van der Waals surface area contributed by atoms with Crippen molar-refractivity contribution in [3.63, 3.8) is 0 Å². The van der Waals surface area contributed by atoms with Crippen molar-refractivity contribution < 1.29 is 14.3 Å². The van der Waals surface area contributed by atoms with Crippen LogP contribution >= 0.6 is 11.8 Å². The number of hydrogen-bond acceptors (Lipinski definition) is 6. The normalized spacial score (nSPS) is 10.2. The van der Waals surface area contributed by atoms with E-state index in [1.807, 2.05) is 13.2 Å². The fourth-order valence-electron chi connectivity index (χ4n) is 1.85. The zero-order valence-corrected chi connectivity index (χ0v) is 13.9. The van der Waals surface area contributed by atoms with Gasteiger partial charge in [0.25, 0.3) is 5.91 Å². The summed E-state index contributed by atoms with van der Waals surface area (Å²) in [5, 5.41) is 3.29. The van der Waals surface area contributed by atoms with Gasteiger partial charge in [-0.05, 0) is 50.4 Å². The Balaban J connectivity index is 2.11. The zero-order valence-electron chi connectivity index (χ0n) is 13.1. The van der Waals surface area contributed by atoms with Crippen LogP contribution in [0.1, 0.15) is 33.5 Å². The van der Waals surface area contributed by atoms with E-state index in [2.05, 4.69) is 15.3 Å². The molecule has 0 saturated heterocycles. The molecule has 1 aromatic heterocycles. The molecule has 0 unspecified atom stereocenters. The number of aromatic nitrogens is 2. The van der Waals surface area contributed by atoms with E-state index in [1.54, 1.807) is 37.3 Å². The molecule has 7 heteroatoms. The van der Waals surface area contributed by atoms with Crippen LogP contribution in [0.2, 0.25) is 0 Å². The van der Waals surface area contributed by atoms with Crippen LogP contribution < -0.4 is 5.32 Å². The van der Waals surface area contributed by atoms with Crippen molar-refractivity contribution in [1.29, 1.82) is 0 Å². The first-order valence-corrected chi connectivity index (χ1v) is 8.24. The molecule has 23 heavy (non-hydrogen) atoms. The van der Waals surface area contributed by atoms with Crippen LogP contribution in [0.5, 0.6) is 0 Å². The van der Waals surface area contributed by atoms with Gasteiger partial charge >= 0.3 is 5.97 Å². The summed E-state index contributed by atoms with van der Waals surface area (Å²) in [6.45, 7) is 3.88. The van der Waals surface area contributed by atoms with E-state index in [1.165, 1.54) is 11.8 Å². The van der Waals surface area contributed by atoms with Gasteiger partial charge in [-0.2, -0.15) is 0 Å². The Morgan fingerprint density at radius 2 is 1.91 bits per heavy atom. The van der Waals surface area contributed by atoms with Crippen molar-refractivity contribution >= 4 is 29.3 Å². The van der Waals surface area contributed by atoms with Gasteiger partial charge in [0, 0.05) is 11.4 Å². The summed E-state index contributed by atoms with van der Waals surface area (Å²) >= 11 is 1.38. The first-order chi connectivity index (χ1) is 11.0. The largest absolute Gasteiger partial charge is 0.462 e. The molecule has 6 nitrogen and oxygen atoms in total. The molecule has 0 atom stereocenters. The quantitative estimate of drug-likeness (QED) is 0.515. The van der Waals surface area contributed by atoms with E-state index >= 15 is 0 Å². The van der Waals surface area contributed by atoms with Crippen molar-refractivity contribution in [1.82, 2.24) is 9.97 Å². The molecule has 0 spiro atoms. The van der Waals surface area contributed by atoms with Gasteiger partial charge in [0.15, 0.2) is 5.16 Å². The van der Waals surface area contributed by atoms with E-state index in [9.17, 15) is 9.59 Å². The average Bonchev–Trinajstić information content (AvgIpc) is 2.55. The third-order valence-corrected chi connectivity index (χ3v) is 3.45. The Morgan fingerprint density at radius 1 is 1.22 bits per heavy atom. The molecule has 0 fully saturated rings. The lowest BCUT2D eigenvalue weighted by atomic mass is 10.2. The van der Waals surface area contributed by atoms with Crippen molar-refractivity contribution in [3.8, 4) is 0 Å². The summed E-state index contributed by atoms with van der Waals surface area (Å²) < 4.78 is 4.91. The molecule has 0 saturated carbocycles. The average molecular weight is 331 g/mol. The summed E-state index contributed by atoms with van der Waals surface area (Å²) in [5.74, 6) is -0.712. The number of benzene rings is 1. The highest BCUT2D eigenvalue weighted by molar-refractivity contribution is 7.98. The number of ether oxygens (including phenoxy) is 1. The summed E-state index contributed by atoms with van der Waals surface area (Å²) in [5.41, 5.74) is 2.04. The molecule has 1 aromatic carbocycles. The Labute approximate surface area is 138 Å². The number of esters is 1. The first-order valence-electron chi connectivity index (χ1n) is 7.01. The number of nitrogens with one attached hydrogen (secondary N) is 1. The van der Waals surface area contributed by atoms with E-state index in [0.717, 1.165) is 5.69 Å². The van der Waals surface area contributed by atoms with Crippen LogP contribution in [0.15, 0.2) is 35.5 Å². The topological polar surface area (TPSA) is 81.2 Å². The highest BCUT2D eigenvalue weighted by Gasteiger charge is 2.11. The Morgan fingerprint density at radius 3 is 2.52 bits per heavy atom. The predicted molar refractivity (Wildman–Crippen MR) is 88.9 cm³/mol. The highest BCUT2D eigenvalue weighted by atomic mass is 32.2. The van der Waals surface area contributed by atoms with Gasteiger partial charge in [0.1, 0.15) is 5.69 Å². The van der Waals surface area contributed by atoms with Gasteiger partial charge < -0.3 is 10.1 Å². The van der Waals surface area contributed by atoms with E-state index in [4.69, 9.17) is 4.74 Å². The monoisotopic (exact) mass is 331 g/mol. The van der Waals surface area contributed by atoms with Crippen molar-refractivity contribution in [2.75, 3.05) is 18.2 Å². The van der Waals surface area contributed by atoms with E-state index in [0.29, 0.717) is 28.7 Å². The van der Waals surface area contributed by atoms with Crippen LogP contribution in [-0.2, 0) is 4.74 Å². The maximum absolute atomic E-state index is 12.3. The number of aryl methyl sites for hydroxylation is 1. The second-order valence-electron chi connectivity index (χ2n) is 4.63. The smallest absolute Gasteiger partial charge is 0.338 e. The minimum absolute atomic E-state index is 0.302. The summed E-state index contributed by atoms with van der Waals surface area (Å²) in [6, 6.07) is 8.13. The van der Waals surface area contributed by atoms with Gasteiger partial charge in [0.05, 0.1) is 12.2 Å². The molecule has 120 valence electrons. The van der Waals surface area contributed by atoms with E-state index < -0.39 is 0 Å². The minimum atomic E-state index is -0.388. The maximum Gasteiger partial charge on any atom is 0.338 e. The Hall–Kier alpha value is -2.41. The number of anilines is 1. The molecular weight excluding hydrogens is 314 g/mol. The van der Waals surface area contributed by atoms with Crippen molar-refractivity contribution in [3.05, 3.63) is 47.3 Å². The molecule has 0 aliphatic rings. The van der Waals surface area contributed by atoms with Crippen LogP contribution in [0.3, 0.4) is 0 Å². The molecule has 2 aromatic rings. The Kier molecular flexibility index (Phi) is 5.70. The summed E-state index contributed by atoms with van der Waals surface area (Å²) in [6.07, 6.45) is 1.85. The Bertz CT molecular complexity index is 717. The predicted octanol–water partition coefficient (Wildman–Crippen LogP) is 2.94. The van der Waals surface area contributed by atoms with Gasteiger partial charge in [-0.25, -0.2) is 14.8 Å². The van der Waals surface area contributed by atoms with Crippen molar-refractivity contribution in [2.45, 2.75) is 19.0 Å². The third kappa shape index (κ3) is 4.53. The minimum Gasteiger partial charge on any atom is -0.462 e. The number of amides is 1. The molecule has 1 amide bonds. The third-order valence-electron chi connectivity index (χ3n) is 2.90. The van der Waals surface area contributed by atoms with E-state index in [-0.39, 0.29) is 11.9 Å². The second-order valence-corrected chi connectivity index (χ2v) is 5.41. The molecular formula is C16H17N3O3S. The van der Waals surface area contributed by atoms with Crippen LogP contribution in [0.25, 0.3) is 0 Å². The number of carbonyl (C=O) groups is 2. The number of hydrogen-bond donors (Lipinski definition) is 1. The van der Waals surface area contributed by atoms with Gasteiger partial charge in [-0.1, -0.05) is 11.8 Å². The van der Waals surface area contributed by atoms with Crippen molar-refractivity contribution in [2.24, 2.45) is 0 Å². The fourth-order valence-corrected chi connectivity index (χ4v) is 2.27. The summed E-state index contributed by atoms with van der Waals surface area (Å²) in [4.78, 5) is 32.2. The van der Waals surface area contributed by atoms with Crippen LogP contribution in [0.4, 0.5) is 5.69 Å². The summed E-state index contributed by atoms with van der Waals surface area (Å²) in [7, 11) is 0. The molecule has 0 aliphatic heterocycles. The molecule has 0 bridgehead atoms. The van der Waals surface area contributed by atoms with Crippen LogP contribution in [-0.4, -0.2) is 34.7 Å². The van der Waals surface area contributed by atoms with Gasteiger partial charge in [-0.15, -0.1) is 0 Å². The molecule has 2 rings (SSSR count). The number of thioether (sulfide) groups is 1. The second kappa shape index (κ2) is 7.73. The van der Waals surface area contributed by atoms with Gasteiger partial charge in [-0.3, -0.25) is 4.79 Å². The molecule has 0 aliphatic carbocycles. The zero-order chi connectivity index (χ0) is 16.8. The lowest BCUT2D eigenvalue weighted by molar-refractivity contribution is 0.0526. The lowest BCUT2D eigenvalue weighted by Crippen LogP contribution is -2.15. The fraction of sp³-hybridized carbons (Fsp3) is 0.250. The molecule has 1 N–H and O–H groups in total. The lowest BCUT2D eigenvalue weighted by Gasteiger charge is -2.07. The molecule has 0 radical (unpaired) electrons. The first kappa shape index (κ1) is 17.0. The van der Waals surface area contributed by atoms with Gasteiger partial charge in [0.2, 0.25) is 0 Å². The number of rotatable bonds is 5. The number of nitrogens with zero attached hydrogens (tertiary/aromatic N) is 2. The highest BCUT2D eigenvalue weighted by Crippen LogP contribution is 2.14. The SMILES string of the molecule is CCOC(=O)c1ccc(NC(=O)c2cc(C)nc(SC)n2)cc1. The number of carbonyl (C=O) groups excluding carboxylic acids is 2. The molecule has 1 heterocycles. The van der Waals surface area contributed by atoms with Crippen LogP contribution in [0, 0.1) is 6.92 Å². The maximum atomic E-state index is 12.3. The standard InChI is InChI=1S/C16H17N3O3S/c1-4-22-15(21)11-5-7-12(8-6-11)18-14(20)13-9-10(2)17-16(19-13)23-3/h5-9H,4H2,1-3H3,(H,18,20).